The molecule has 6 nitrogen and oxygen atoms in total. The molecule has 100 valence electrons. The maximum absolute atomic E-state index is 11.9. The maximum Gasteiger partial charge on any atom is 0.328 e. The van der Waals surface area contributed by atoms with E-state index in [4.69, 9.17) is 0 Å². The molecule has 0 unspecified atom stereocenters. The molecular weight excluding hydrogens is 234 g/mol. The molecule has 1 aromatic rings. The minimum Gasteiger partial charge on any atom is -0.342 e. The number of hydrogen-bond donors (Lipinski definition) is 1. The van der Waals surface area contributed by atoms with Gasteiger partial charge in [0.2, 0.25) is 5.91 Å². The van der Waals surface area contributed by atoms with Gasteiger partial charge in [-0.15, -0.1) is 0 Å². The van der Waals surface area contributed by atoms with Crippen molar-refractivity contribution < 1.29 is 4.79 Å². The highest BCUT2D eigenvalue weighted by Crippen LogP contribution is 2.04. The summed E-state index contributed by atoms with van der Waals surface area (Å²) < 4.78 is 1.19. The van der Waals surface area contributed by atoms with Gasteiger partial charge in [-0.25, -0.2) is 4.79 Å². The average Bonchev–Trinajstić information content (AvgIpc) is 2.32. The van der Waals surface area contributed by atoms with E-state index in [9.17, 15) is 14.4 Å². The number of aromatic amines is 1. The Kier molecular flexibility index (Phi) is 4.88. The number of rotatable bonds is 5. The van der Waals surface area contributed by atoms with Gasteiger partial charge in [0.1, 0.15) is 6.54 Å². The number of amides is 1. The molecule has 18 heavy (non-hydrogen) atoms. The Morgan fingerprint density at radius 1 is 1.50 bits per heavy atom. The molecule has 0 radical (unpaired) electrons. The molecule has 6 heteroatoms. The summed E-state index contributed by atoms with van der Waals surface area (Å²) in [4.78, 5) is 38.0. The Labute approximate surface area is 105 Å². The van der Waals surface area contributed by atoms with Crippen LogP contribution >= 0.6 is 0 Å². The molecule has 0 aliphatic heterocycles. The molecule has 1 N–H and O–H groups in total. The van der Waals surface area contributed by atoms with E-state index in [0.29, 0.717) is 0 Å². The van der Waals surface area contributed by atoms with Gasteiger partial charge in [0.15, 0.2) is 0 Å². The monoisotopic (exact) mass is 253 g/mol. The van der Waals surface area contributed by atoms with E-state index in [1.54, 1.807) is 11.9 Å². The van der Waals surface area contributed by atoms with Crippen LogP contribution in [0.15, 0.2) is 21.9 Å². The van der Waals surface area contributed by atoms with Crippen molar-refractivity contribution >= 4 is 5.91 Å². The van der Waals surface area contributed by atoms with Crippen molar-refractivity contribution in [2.24, 2.45) is 0 Å². The van der Waals surface area contributed by atoms with Crippen molar-refractivity contribution in [2.45, 2.75) is 39.3 Å². The van der Waals surface area contributed by atoms with Crippen LogP contribution in [0, 0.1) is 0 Å². The minimum absolute atomic E-state index is 0.0554. The highest BCUT2D eigenvalue weighted by molar-refractivity contribution is 5.75. The predicted molar refractivity (Wildman–Crippen MR) is 68.5 cm³/mol. The molecule has 0 aliphatic carbocycles. The van der Waals surface area contributed by atoms with E-state index in [1.807, 2.05) is 6.92 Å². The molecule has 0 bridgehead atoms. The zero-order valence-corrected chi connectivity index (χ0v) is 11.0. The normalized spacial score (nSPS) is 12.2. The number of hydrogen-bond acceptors (Lipinski definition) is 3. The van der Waals surface area contributed by atoms with Crippen LogP contribution in [0.1, 0.15) is 26.7 Å². The SMILES string of the molecule is CCC[C@H](C)N(C)C(=O)Cn1ccc(=O)[nH]c1=O. The van der Waals surface area contributed by atoms with Gasteiger partial charge in [-0.1, -0.05) is 13.3 Å². The van der Waals surface area contributed by atoms with Gasteiger partial charge in [-0.2, -0.15) is 0 Å². The Hall–Kier alpha value is -1.85. The highest BCUT2D eigenvalue weighted by Gasteiger charge is 2.15. The lowest BCUT2D eigenvalue weighted by atomic mass is 10.2. The van der Waals surface area contributed by atoms with Gasteiger partial charge in [-0.3, -0.25) is 19.1 Å². The first-order chi connectivity index (χ1) is 8.45. The average molecular weight is 253 g/mol. The van der Waals surface area contributed by atoms with Crippen molar-refractivity contribution in [1.29, 1.82) is 0 Å². The summed E-state index contributed by atoms with van der Waals surface area (Å²) in [5, 5.41) is 0. The van der Waals surface area contributed by atoms with Crippen LogP contribution in [0.4, 0.5) is 0 Å². The quantitative estimate of drug-likeness (QED) is 0.813. The molecule has 0 fully saturated rings. The first-order valence-electron chi connectivity index (χ1n) is 6.01. The summed E-state index contributed by atoms with van der Waals surface area (Å²) in [7, 11) is 1.72. The van der Waals surface area contributed by atoms with Crippen LogP contribution in [0.5, 0.6) is 0 Å². The van der Waals surface area contributed by atoms with E-state index in [-0.39, 0.29) is 18.5 Å². The van der Waals surface area contributed by atoms with E-state index in [0.717, 1.165) is 12.8 Å². The molecule has 0 saturated carbocycles. The highest BCUT2D eigenvalue weighted by atomic mass is 16.2. The van der Waals surface area contributed by atoms with Crippen LogP contribution in [-0.2, 0) is 11.3 Å². The fourth-order valence-corrected chi connectivity index (χ4v) is 1.68. The lowest BCUT2D eigenvalue weighted by Gasteiger charge is -2.24. The number of H-pyrrole nitrogens is 1. The number of likely N-dealkylation sites (N-methyl/N-ethyl adjacent to an activating group) is 1. The van der Waals surface area contributed by atoms with Crippen molar-refractivity contribution in [2.75, 3.05) is 7.05 Å². The van der Waals surface area contributed by atoms with Gasteiger partial charge in [0.05, 0.1) is 0 Å². The summed E-state index contributed by atoms with van der Waals surface area (Å²) in [6.45, 7) is 3.97. The first-order valence-corrected chi connectivity index (χ1v) is 6.01. The number of carbonyl (C=O) groups is 1. The zero-order valence-electron chi connectivity index (χ0n) is 11.0. The minimum atomic E-state index is -0.563. The van der Waals surface area contributed by atoms with Crippen LogP contribution in [0.3, 0.4) is 0 Å². The van der Waals surface area contributed by atoms with E-state index < -0.39 is 11.2 Å². The molecule has 1 rings (SSSR count). The Morgan fingerprint density at radius 3 is 2.72 bits per heavy atom. The molecule has 0 aliphatic rings. The van der Waals surface area contributed by atoms with Crippen molar-refractivity contribution in [1.82, 2.24) is 14.5 Å². The third kappa shape index (κ3) is 3.58. The fraction of sp³-hybridized carbons (Fsp3) is 0.583. The van der Waals surface area contributed by atoms with Crippen LogP contribution < -0.4 is 11.2 Å². The summed E-state index contributed by atoms with van der Waals surface area (Å²) in [6, 6.07) is 1.37. The molecule has 1 heterocycles. The van der Waals surface area contributed by atoms with Crippen LogP contribution in [-0.4, -0.2) is 33.4 Å². The Bertz CT molecular complexity index is 518. The predicted octanol–water partition coefficient (Wildman–Crippen LogP) is 0.184. The third-order valence-corrected chi connectivity index (χ3v) is 2.96. The van der Waals surface area contributed by atoms with Gasteiger partial charge < -0.3 is 4.90 Å². The summed E-state index contributed by atoms with van der Waals surface area (Å²) >= 11 is 0. The number of aromatic nitrogens is 2. The Morgan fingerprint density at radius 2 is 2.17 bits per heavy atom. The number of carbonyl (C=O) groups excluding carboxylic acids is 1. The summed E-state index contributed by atoms with van der Waals surface area (Å²) in [5.41, 5.74) is -1.02. The molecule has 1 atom stereocenters. The largest absolute Gasteiger partial charge is 0.342 e. The van der Waals surface area contributed by atoms with Gasteiger partial charge in [0.25, 0.3) is 5.56 Å². The fourth-order valence-electron chi connectivity index (χ4n) is 1.68. The van der Waals surface area contributed by atoms with Crippen LogP contribution in [0.25, 0.3) is 0 Å². The van der Waals surface area contributed by atoms with Crippen molar-refractivity contribution in [3.05, 3.63) is 33.1 Å². The number of nitrogens with one attached hydrogen (secondary N) is 1. The van der Waals surface area contributed by atoms with Crippen molar-refractivity contribution in [3.63, 3.8) is 0 Å². The molecular formula is C12H19N3O3. The first kappa shape index (κ1) is 14.2. The summed E-state index contributed by atoms with van der Waals surface area (Å²) in [6.07, 6.45) is 3.25. The lowest BCUT2D eigenvalue weighted by molar-refractivity contribution is -0.132. The van der Waals surface area contributed by atoms with Crippen LogP contribution in [0.2, 0.25) is 0 Å². The van der Waals surface area contributed by atoms with Gasteiger partial charge in [-0.05, 0) is 13.3 Å². The van der Waals surface area contributed by atoms with Gasteiger partial charge in [0, 0.05) is 25.4 Å². The van der Waals surface area contributed by atoms with E-state index in [2.05, 4.69) is 11.9 Å². The zero-order chi connectivity index (χ0) is 13.7. The lowest BCUT2D eigenvalue weighted by Crippen LogP contribution is -2.40. The molecule has 1 aromatic heterocycles. The van der Waals surface area contributed by atoms with E-state index in [1.165, 1.54) is 16.8 Å². The second-order valence-corrected chi connectivity index (χ2v) is 4.38. The molecule has 1 amide bonds. The van der Waals surface area contributed by atoms with Crippen molar-refractivity contribution in [3.8, 4) is 0 Å². The topological polar surface area (TPSA) is 75.2 Å². The second-order valence-electron chi connectivity index (χ2n) is 4.38. The maximum atomic E-state index is 11.9. The van der Waals surface area contributed by atoms with E-state index >= 15 is 0 Å². The number of nitrogens with zero attached hydrogens (tertiary/aromatic N) is 2. The molecule has 0 spiro atoms. The third-order valence-electron chi connectivity index (χ3n) is 2.96. The summed E-state index contributed by atoms with van der Waals surface area (Å²) in [5.74, 6) is -0.148. The molecule has 0 saturated heterocycles. The Balaban J connectivity index is 2.75. The standard InChI is InChI=1S/C12H19N3O3/c1-4-5-9(2)14(3)11(17)8-15-7-6-10(16)13-12(15)18/h6-7,9H,4-5,8H2,1-3H3,(H,13,16,18)/t9-/m0/s1. The molecule has 0 aromatic carbocycles. The second kappa shape index (κ2) is 6.18. The van der Waals surface area contributed by atoms with Gasteiger partial charge >= 0.3 is 5.69 Å². The smallest absolute Gasteiger partial charge is 0.328 e.